The molecule has 158 valence electrons. The largest absolute Gasteiger partial charge is 0.337 e. The van der Waals surface area contributed by atoms with Gasteiger partial charge in [0.15, 0.2) is 0 Å². The molecule has 2 aromatic carbocycles. The number of aryl methyl sites for hydroxylation is 1. The van der Waals surface area contributed by atoms with Crippen molar-refractivity contribution in [3.63, 3.8) is 0 Å². The Morgan fingerprint density at radius 2 is 1.90 bits per heavy atom. The lowest BCUT2D eigenvalue weighted by atomic mass is 10.1. The molecule has 2 aliphatic heterocycles. The molecule has 7 heteroatoms. The maximum atomic E-state index is 13.3. The second kappa shape index (κ2) is 8.40. The summed E-state index contributed by atoms with van der Waals surface area (Å²) in [6.07, 6.45) is 0.981. The van der Waals surface area contributed by atoms with Crippen LogP contribution in [0.2, 0.25) is 0 Å². The van der Waals surface area contributed by atoms with E-state index in [0.29, 0.717) is 17.4 Å². The van der Waals surface area contributed by atoms with Crippen molar-refractivity contribution in [1.82, 2.24) is 9.80 Å². The van der Waals surface area contributed by atoms with Crippen LogP contribution in [0.4, 0.5) is 10.1 Å². The molecule has 2 fully saturated rings. The molecule has 2 atom stereocenters. The number of hydrogen-bond donors (Lipinski definition) is 0. The van der Waals surface area contributed by atoms with Gasteiger partial charge in [0.2, 0.25) is 5.91 Å². The van der Waals surface area contributed by atoms with Gasteiger partial charge in [-0.2, -0.15) is 0 Å². The quantitative estimate of drug-likeness (QED) is 0.747. The highest BCUT2D eigenvalue weighted by Crippen LogP contribution is 2.43. The Kier molecular flexibility index (Phi) is 5.84. The second-order valence-electron chi connectivity index (χ2n) is 8.14. The normalized spacial score (nSPS) is 21.7. The first kappa shape index (κ1) is 20.9. The fourth-order valence-electron chi connectivity index (χ4n) is 4.15. The van der Waals surface area contributed by atoms with E-state index in [2.05, 4.69) is 4.90 Å². The van der Waals surface area contributed by atoms with Gasteiger partial charge in [-0.1, -0.05) is 12.1 Å². The average molecular weight is 428 g/mol. The molecule has 2 aromatic rings. The van der Waals surface area contributed by atoms with E-state index in [4.69, 9.17) is 0 Å². The van der Waals surface area contributed by atoms with Crippen LogP contribution in [-0.2, 0) is 4.79 Å². The standard InChI is InChI=1S/C23H26FN3O2S/c1-15-12-17(22(29)26-11-10-19(13-26)25(2)3)6-9-20(15)27-21(28)14-30-23(27)16-4-7-18(24)8-5-16/h4-9,12,19,23H,10-11,13-14H2,1-3H3/t19-,23?/m1/s1. The van der Waals surface area contributed by atoms with Gasteiger partial charge in [-0.15, -0.1) is 11.8 Å². The number of amides is 2. The minimum Gasteiger partial charge on any atom is -0.337 e. The molecule has 4 rings (SSSR count). The maximum Gasteiger partial charge on any atom is 0.253 e. The summed E-state index contributed by atoms with van der Waals surface area (Å²) in [4.78, 5) is 31.4. The molecule has 0 bridgehead atoms. The summed E-state index contributed by atoms with van der Waals surface area (Å²) >= 11 is 1.53. The predicted octanol–water partition coefficient (Wildman–Crippen LogP) is 3.69. The van der Waals surface area contributed by atoms with Crippen molar-refractivity contribution < 1.29 is 14.0 Å². The topological polar surface area (TPSA) is 43.9 Å². The molecule has 1 unspecified atom stereocenters. The highest BCUT2D eigenvalue weighted by atomic mass is 32.2. The van der Waals surface area contributed by atoms with Crippen molar-refractivity contribution in [2.75, 3.05) is 37.8 Å². The monoisotopic (exact) mass is 427 g/mol. The van der Waals surface area contributed by atoms with E-state index < -0.39 is 0 Å². The summed E-state index contributed by atoms with van der Waals surface area (Å²) in [7, 11) is 4.08. The van der Waals surface area contributed by atoms with Crippen LogP contribution >= 0.6 is 11.8 Å². The van der Waals surface area contributed by atoms with Crippen molar-refractivity contribution in [3.8, 4) is 0 Å². The highest BCUT2D eigenvalue weighted by Gasteiger charge is 2.35. The molecule has 0 N–H and O–H groups in total. The third-order valence-electron chi connectivity index (χ3n) is 5.91. The number of rotatable bonds is 4. The zero-order valence-corrected chi connectivity index (χ0v) is 18.3. The molecule has 0 radical (unpaired) electrons. The van der Waals surface area contributed by atoms with Gasteiger partial charge in [0, 0.05) is 30.4 Å². The van der Waals surface area contributed by atoms with Gasteiger partial charge < -0.3 is 9.80 Å². The van der Waals surface area contributed by atoms with E-state index in [1.54, 1.807) is 17.0 Å². The van der Waals surface area contributed by atoms with E-state index >= 15 is 0 Å². The molecule has 0 aromatic heterocycles. The molecule has 5 nitrogen and oxygen atoms in total. The molecular weight excluding hydrogens is 401 g/mol. The predicted molar refractivity (Wildman–Crippen MR) is 118 cm³/mol. The van der Waals surface area contributed by atoms with Crippen molar-refractivity contribution in [3.05, 3.63) is 65.0 Å². The molecule has 2 saturated heterocycles. The van der Waals surface area contributed by atoms with Crippen molar-refractivity contribution in [1.29, 1.82) is 0 Å². The zero-order chi connectivity index (χ0) is 21.4. The minimum absolute atomic E-state index is 0.0184. The molecule has 30 heavy (non-hydrogen) atoms. The number of likely N-dealkylation sites (N-methyl/N-ethyl adjacent to an activating group) is 1. The van der Waals surface area contributed by atoms with Crippen LogP contribution in [0.3, 0.4) is 0 Å². The van der Waals surface area contributed by atoms with Crippen molar-refractivity contribution >= 4 is 29.3 Å². The lowest BCUT2D eigenvalue weighted by Gasteiger charge is -2.26. The van der Waals surface area contributed by atoms with Gasteiger partial charge in [0.25, 0.3) is 5.91 Å². The van der Waals surface area contributed by atoms with Gasteiger partial charge in [-0.3, -0.25) is 14.5 Å². The van der Waals surface area contributed by atoms with Crippen LogP contribution in [0.1, 0.15) is 33.3 Å². The van der Waals surface area contributed by atoms with Crippen molar-refractivity contribution in [2.24, 2.45) is 0 Å². The molecular formula is C23H26FN3O2S. The summed E-state index contributed by atoms with van der Waals surface area (Å²) in [6, 6.07) is 12.2. The number of nitrogens with zero attached hydrogens (tertiary/aromatic N) is 3. The first-order chi connectivity index (χ1) is 14.3. The lowest BCUT2D eigenvalue weighted by molar-refractivity contribution is -0.115. The highest BCUT2D eigenvalue weighted by molar-refractivity contribution is 8.00. The summed E-state index contributed by atoms with van der Waals surface area (Å²) in [5.74, 6) is 0.134. The van der Waals surface area contributed by atoms with Gasteiger partial charge in [-0.25, -0.2) is 4.39 Å². The summed E-state index contributed by atoms with van der Waals surface area (Å²) in [5.41, 5.74) is 3.21. The molecule has 2 heterocycles. The second-order valence-corrected chi connectivity index (χ2v) is 9.21. The Labute approximate surface area is 180 Å². The number of likely N-dealkylation sites (tertiary alicyclic amines) is 1. The van der Waals surface area contributed by atoms with Crippen LogP contribution in [0.15, 0.2) is 42.5 Å². The Bertz CT molecular complexity index is 963. The molecule has 0 saturated carbocycles. The Morgan fingerprint density at radius 3 is 2.53 bits per heavy atom. The third kappa shape index (κ3) is 3.96. The number of thioether (sulfide) groups is 1. The van der Waals surface area contributed by atoms with Gasteiger partial charge in [-0.05, 0) is 68.9 Å². The SMILES string of the molecule is Cc1cc(C(=O)N2CC[C@@H](N(C)C)C2)ccc1N1C(=O)CSC1c1ccc(F)cc1. The Morgan fingerprint density at radius 1 is 1.17 bits per heavy atom. The zero-order valence-electron chi connectivity index (χ0n) is 17.5. The number of benzene rings is 2. The van der Waals surface area contributed by atoms with Crippen LogP contribution < -0.4 is 4.90 Å². The summed E-state index contributed by atoms with van der Waals surface area (Å²) in [6.45, 7) is 3.42. The molecule has 0 spiro atoms. The lowest BCUT2D eigenvalue weighted by Crippen LogP contribution is -2.34. The number of carbonyl (C=O) groups excluding carboxylic acids is 2. The number of anilines is 1. The van der Waals surface area contributed by atoms with Crippen LogP contribution in [0, 0.1) is 12.7 Å². The van der Waals surface area contributed by atoms with E-state index in [9.17, 15) is 14.0 Å². The van der Waals surface area contributed by atoms with Crippen LogP contribution in [0.5, 0.6) is 0 Å². The number of halogens is 1. The Balaban J connectivity index is 1.57. The van der Waals surface area contributed by atoms with Gasteiger partial charge >= 0.3 is 0 Å². The average Bonchev–Trinajstić information content (AvgIpc) is 3.36. The van der Waals surface area contributed by atoms with Crippen LogP contribution in [0.25, 0.3) is 0 Å². The van der Waals surface area contributed by atoms with Gasteiger partial charge in [0.05, 0.1) is 5.75 Å². The van der Waals surface area contributed by atoms with E-state index in [1.807, 2.05) is 44.1 Å². The fourth-order valence-corrected chi connectivity index (χ4v) is 5.32. The molecule has 2 aliphatic rings. The Hall–Kier alpha value is -2.38. The van der Waals surface area contributed by atoms with Crippen LogP contribution in [-0.4, -0.2) is 60.6 Å². The number of carbonyl (C=O) groups is 2. The van der Waals surface area contributed by atoms with E-state index in [-0.39, 0.29) is 23.0 Å². The minimum atomic E-state index is -0.294. The summed E-state index contributed by atoms with van der Waals surface area (Å²) in [5, 5.41) is -0.196. The smallest absolute Gasteiger partial charge is 0.253 e. The first-order valence-corrected chi connectivity index (χ1v) is 11.2. The fraction of sp³-hybridized carbons (Fsp3) is 0.391. The number of hydrogen-bond acceptors (Lipinski definition) is 4. The maximum absolute atomic E-state index is 13.3. The first-order valence-electron chi connectivity index (χ1n) is 10.1. The molecule has 0 aliphatic carbocycles. The van der Waals surface area contributed by atoms with Gasteiger partial charge in [0.1, 0.15) is 11.2 Å². The van der Waals surface area contributed by atoms with Crippen molar-refractivity contribution in [2.45, 2.75) is 24.8 Å². The third-order valence-corrected chi connectivity index (χ3v) is 7.12. The van der Waals surface area contributed by atoms with E-state index in [0.717, 1.165) is 36.3 Å². The van der Waals surface area contributed by atoms with E-state index in [1.165, 1.54) is 23.9 Å². The molecule has 2 amide bonds. The summed E-state index contributed by atoms with van der Waals surface area (Å²) < 4.78 is 13.3.